The van der Waals surface area contributed by atoms with E-state index in [4.69, 9.17) is 9.47 Å². The Morgan fingerprint density at radius 2 is 1.42 bits per heavy atom. The van der Waals surface area contributed by atoms with Gasteiger partial charge in [-0.05, 0) is 75.8 Å². The van der Waals surface area contributed by atoms with Crippen LogP contribution in [0.4, 0.5) is 4.79 Å². The summed E-state index contributed by atoms with van der Waals surface area (Å²) >= 11 is 0. The number of benzene rings is 2. The smallest absolute Gasteiger partial charge is 0.408 e. The van der Waals surface area contributed by atoms with Crippen molar-refractivity contribution >= 4 is 35.7 Å². The van der Waals surface area contributed by atoms with Gasteiger partial charge in [-0.25, -0.2) is 9.59 Å². The highest BCUT2D eigenvalue weighted by molar-refractivity contribution is 5.95. The highest BCUT2D eigenvalue weighted by atomic mass is 16.6. The summed E-state index contributed by atoms with van der Waals surface area (Å²) < 4.78 is 11.0. The van der Waals surface area contributed by atoms with E-state index in [1.54, 1.807) is 20.8 Å². The van der Waals surface area contributed by atoms with Gasteiger partial charge in [0.15, 0.2) is 0 Å². The van der Waals surface area contributed by atoms with Crippen molar-refractivity contribution in [3.05, 3.63) is 71.8 Å². The quantitative estimate of drug-likeness (QED) is 0.180. The van der Waals surface area contributed by atoms with Crippen molar-refractivity contribution in [2.24, 2.45) is 11.8 Å². The third-order valence-corrected chi connectivity index (χ3v) is 9.79. The van der Waals surface area contributed by atoms with Gasteiger partial charge in [0.1, 0.15) is 36.4 Å². The Bertz CT molecular complexity index is 1590. The van der Waals surface area contributed by atoms with E-state index in [0.717, 1.165) is 43.2 Å². The van der Waals surface area contributed by atoms with Crippen molar-refractivity contribution in [2.45, 2.75) is 129 Å². The van der Waals surface area contributed by atoms with Gasteiger partial charge in [-0.15, -0.1) is 0 Å². The van der Waals surface area contributed by atoms with Gasteiger partial charge in [0.05, 0.1) is 6.54 Å². The maximum absolute atomic E-state index is 14.3. The lowest BCUT2D eigenvalue weighted by Gasteiger charge is -2.33. The summed E-state index contributed by atoms with van der Waals surface area (Å²) in [4.78, 5) is 82.3. The first-order chi connectivity index (χ1) is 26.2. The van der Waals surface area contributed by atoms with Gasteiger partial charge in [0.2, 0.25) is 23.6 Å². The fourth-order valence-electron chi connectivity index (χ4n) is 7.16. The summed E-state index contributed by atoms with van der Waals surface area (Å²) in [6.45, 7) is 9.06. The van der Waals surface area contributed by atoms with Crippen LogP contribution in [0.25, 0.3) is 0 Å². The molecule has 2 aromatic carbocycles. The van der Waals surface area contributed by atoms with Crippen LogP contribution in [0.3, 0.4) is 0 Å². The van der Waals surface area contributed by atoms with E-state index < -0.39 is 72.0 Å². The number of nitrogens with one attached hydrogen (secondary N) is 4. The number of carbonyl (C=O) groups is 6. The zero-order valence-corrected chi connectivity index (χ0v) is 32.9. The van der Waals surface area contributed by atoms with E-state index in [1.165, 1.54) is 4.90 Å². The number of amides is 5. The van der Waals surface area contributed by atoms with Crippen LogP contribution in [0.2, 0.25) is 0 Å². The number of ether oxygens (including phenoxy) is 2. The fraction of sp³-hybridized carbons (Fsp3) is 0.571. The van der Waals surface area contributed by atoms with Crippen LogP contribution < -0.4 is 21.3 Å². The molecule has 1 saturated carbocycles. The molecule has 13 heteroatoms. The normalized spacial score (nSPS) is 17.7. The third kappa shape index (κ3) is 14.0. The summed E-state index contributed by atoms with van der Waals surface area (Å²) in [6.07, 6.45) is 5.14. The average Bonchev–Trinajstić information content (AvgIpc) is 3.65. The Morgan fingerprint density at radius 3 is 2.04 bits per heavy atom. The van der Waals surface area contributed by atoms with Crippen molar-refractivity contribution in [1.82, 2.24) is 26.2 Å². The van der Waals surface area contributed by atoms with Gasteiger partial charge in [0, 0.05) is 13.0 Å². The van der Waals surface area contributed by atoms with Crippen LogP contribution in [-0.4, -0.2) is 83.4 Å². The maximum atomic E-state index is 14.3. The number of carbonyl (C=O) groups excluding carboxylic acids is 6. The molecule has 1 heterocycles. The van der Waals surface area contributed by atoms with Crippen LogP contribution in [-0.2, 0) is 46.5 Å². The molecule has 55 heavy (non-hydrogen) atoms. The minimum absolute atomic E-state index is 0.0691. The second-order valence-corrected chi connectivity index (χ2v) is 16.0. The van der Waals surface area contributed by atoms with Crippen molar-refractivity contribution in [3.63, 3.8) is 0 Å². The second-order valence-electron chi connectivity index (χ2n) is 16.0. The third-order valence-electron chi connectivity index (χ3n) is 9.79. The number of rotatable bonds is 16. The van der Waals surface area contributed by atoms with E-state index in [0.29, 0.717) is 19.3 Å². The summed E-state index contributed by atoms with van der Waals surface area (Å²) in [5, 5.41) is 11.1. The summed E-state index contributed by atoms with van der Waals surface area (Å²) in [6, 6.07) is 14.8. The molecule has 300 valence electrons. The molecule has 4 N–H and O–H groups in total. The maximum Gasteiger partial charge on any atom is 0.408 e. The fourth-order valence-corrected chi connectivity index (χ4v) is 7.16. The molecule has 0 bridgehead atoms. The minimum atomic E-state index is -1.03. The molecular weight excluding hydrogens is 702 g/mol. The number of hydrogen-bond donors (Lipinski definition) is 4. The lowest BCUT2D eigenvalue weighted by atomic mass is 9.83. The number of hydrogen-bond acceptors (Lipinski definition) is 8. The lowest BCUT2D eigenvalue weighted by Crippen LogP contribution is -2.59. The van der Waals surface area contributed by atoms with Crippen LogP contribution in [0.5, 0.6) is 0 Å². The topological polar surface area (TPSA) is 172 Å². The molecule has 2 aliphatic rings. The number of esters is 1. The molecule has 5 amide bonds. The van der Waals surface area contributed by atoms with Crippen LogP contribution in [0.15, 0.2) is 60.7 Å². The predicted octanol–water partition coefficient (Wildman–Crippen LogP) is 4.57. The average molecular weight is 762 g/mol. The number of alkyl carbamates (subject to hydrolysis) is 1. The summed E-state index contributed by atoms with van der Waals surface area (Å²) in [5.74, 6) is -2.60. The molecular formula is C42H59N5O8. The zero-order chi connectivity index (χ0) is 40.0. The van der Waals surface area contributed by atoms with E-state index >= 15 is 0 Å². The Hall–Kier alpha value is -4.94. The van der Waals surface area contributed by atoms with Crippen molar-refractivity contribution in [1.29, 1.82) is 0 Å². The SMILES string of the molecule is CC(C)C[C@@H](NC(=O)CNC(=O)[C@@H]1CCCN1C(=O)[C@H](Cc1ccccc1)NC(=O)[C@H](NC(=O)OC(C)(C)C)C1CCCCC1)C(=O)OCc1ccccc1. The molecule has 2 aromatic rings. The molecule has 1 aliphatic carbocycles. The first-order valence-corrected chi connectivity index (χ1v) is 19.6. The Kier molecular flexibility index (Phi) is 16.1. The minimum Gasteiger partial charge on any atom is -0.459 e. The molecule has 1 saturated heterocycles. The van der Waals surface area contributed by atoms with Crippen LogP contribution in [0, 0.1) is 11.8 Å². The molecule has 2 fully saturated rings. The standard InChI is InChI=1S/C42H59N5O8/c1-28(2)24-33(40(52)54-27-30-18-11-7-12-19-30)44-35(48)26-43-37(49)34-22-15-23-47(34)39(51)32(25-29-16-9-6-10-17-29)45-38(50)36(31-20-13-8-14-21-31)46-41(53)55-42(3,4)5/h6-7,9-12,16-19,28,31-34,36H,8,13-15,20-27H2,1-5H3,(H,43,49)(H,44,48)(H,45,50)(H,46,53)/t32-,33+,34-,36+/m0/s1. The molecule has 4 atom stereocenters. The largest absolute Gasteiger partial charge is 0.459 e. The van der Waals surface area contributed by atoms with Gasteiger partial charge in [-0.1, -0.05) is 93.8 Å². The van der Waals surface area contributed by atoms with Gasteiger partial charge >= 0.3 is 12.1 Å². The molecule has 0 spiro atoms. The van der Waals surface area contributed by atoms with E-state index in [1.807, 2.05) is 74.5 Å². The van der Waals surface area contributed by atoms with Crippen LogP contribution in [0.1, 0.15) is 97.1 Å². The highest BCUT2D eigenvalue weighted by Crippen LogP contribution is 2.27. The molecule has 1 aliphatic heterocycles. The predicted molar refractivity (Wildman–Crippen MR) is 207 cm³/mol. The summed E-state index contributed by atoms with van der Waals surface area (Å²) in [7, 11) is 0. The Labute approximate surface area is 325 Å². The number of nitrogens with zero attached hydrogens (tertiary/aromatic N) is 1. The Balaban J connectivity index is 1.42. The Morgan fingerprint density at radius 1 is 0.782 bits per heavy atom. The molecule has 0 radical (unpaired) electrons. The number of likely N-dealkylation sites (tertiary alicyclic amines) is 1. The highest BCUT2D eigenvalue weighted by Gasteiger charge is 2.40. The van der Waals surface area contributed by atoms with Crippen molar-refractivity contribution in [3.8, 4) is 0 Å². The zero-order valence-electron chi connectivity index (χ0n) is 32.9. The van der Waals surface area contributed by atoms with Gasteiger partial charge in [-0.2, -0.15) is 0 Å². The van der Waals surface area contributed by atoms with E-state index in [-0.39, 0.29) is 31.4 Å². The monoisotopic (exact) mass is 761 g/mol. The first kappa shape index (κ1) is 42.8. The molecule has 13 nitrogen and oxygen atoms in total. The van der Waals surface area contributed by atoms with E-state index in [9.17, 15) is 28.8 Å². The first-order valence-electron chi connectivity index (χ1n) is 19.6. The second kappa shape index (κ2) is 20.7. The summed E-state index contributed by atoms with van der Waals surface area (Å²) in [5.41, 5.74) is 0.866. The van der Waals surface area contributed by atoms with Gasteiger partial charge < -0.3 is 35.6 Å². The van der Waals surface area contributed by atoms with Gasteiger partial charge in [0.25, 0.3) is 0 Å². The van der Waals surface area contributed by atoms with Crippen molar-refractivity contribution in [2.75, 3.05) is 13.1 Å². The molecule has 0 aromatic heterocycles. The lowest BCUT2D eigenvalue weighted by molar-refractivity contribution is -0.149. The van der Waals surface area contributed by atoms with E-state index in [2.05, 4.69) is 21.3 Å². The van der Waals surface area contributed by atoms with Crippen LogP contribution >= 0.6 is 0 Å². The van der Waals surface area contributed by atoms with Crippen molar-refractivity contribution < 1.29 is 38.2 Å². The molecule has 0 unspecified atom stereocenters. The molecule has 4 rings (SSSR count). The van der Waals surface area contributed by atoms with Gasteiger partial charge in [-0.3, -0.25) is 19.2 Å².